The zero-order valence-electron chi connectivity index (χ0n) is 12.1. The van der Waals surface area contributed by atoms with Crippen LogP contribution in [0, 0.1) is 17.3 Å². The Balaban J connectivity index is 3.30. The average Bonchev–Trinajstić information content (AvgIpc) is 2.77. The molecule has 110 valence electrons. The highest BCUT2D eigenvalue weighted by molar-refractivity contribution is 6.01. The van der Waals surface area contributed by atoms with Gasteiger partial charge in [0.05, 0.1) is 27.4 Å². The molecule has 0 radical (unpaired) electrons. The van der Waals surface area contributed by atoms with Crippen LogP contribution in [0.4, 0.5) is 0 Å². The van der Waals surface area contributed by atoms with Crippen LogP contribution in [-0.2, 0) is 28.5 Å². The lowest BCUT2D eigenvalue weighted by Crippen LogP contribution is -2.54. The van der Waals surface area contributed by atoms with Gasteiger partial charge in [-0.2, -0.15) is 0 Å². The van der Waals surface area contributed by atoms with E-state index in [0.29, 0.717) is 6.61 Å². The number of ether oxygens (including phenoxy) is 4. The second-order valence-electron chi connectivity index (χ2n) is 4.98. The highest BCUT2D eigenvalue weighted by Crippen LogP contribution is 2.46. The minimum absolute atomic E-state index is 0.0695. The first-order chi connectivity index (χ1) is 8.96. The van der Waals surface area contributed by atoms with E-state index in [1.165, 1.54) is 21.3 Å². The van der Waals surface area contributed by atoms with E-state index in [0.717, 1.165) is 0 Å². The van der Waals surface area contributed by atoms with Crippen LogP contribution in [0.15, 0.2) is 0 Å². The molecule has 6 nitrogen and oxygen atoms in total. The van der Waals surface area contributed by atoms with Gasteiger partial charge in [0.25, 0.3) is 0 Å². The number of hydrogen-bond donors (Lipinski definition) is 0. The number of carbonyl (C=O) groups excluding carboxylic acids is 2. The Morgan fingerprint density at radius 3 is 2.11 bits per heavy atom. The Hall–Kier alpha value is -1.14. The number of methoxy groups -OCH3 is 3. The van der Waals surface area contributed by atoms with Crippen molar-refractivity contribution in [2.45, 2.75) is 20.0 Å². The summed E-state index contributed by atoms with van der Waals surface area (Å²) in [7, 11) is 4.00. The predicted octanol–water partition coefficient (Wildman–Crippen LogP) is 0.636. The van der Waals surface area contributed by atoms with Crippen LogP contribution in [-0.4, -0.2) is 52.6 Å². The molecule has 0 aromatic carbocycles. The van der Waals surface area contributed by atoms with Crippen molar-refractivity contribution in [3.05, 3.63) is 0 Å². The average molecular weight is 274 g/mol. The molecular weight excluding hydrogens is 252 g/mol. The van der Waals surface area contributed by atoms with E-state index in [-0.39, 0.29) is 18.4 Å². The molecule has 6 heteroatoms. The van der Waals surface area contributed by atoms with Crippen molar-refractivity contribution in [3.8, 4) is 0 Å². The molecule has 1 fully saturated rings. The van der Waals surface area contributed by atoms with E-state index in [9.17, 15) is 9.59 Å². The first-order valence-electron chi connectivity index (χ1n) is 6.24. The Morgan fingerprint density at radius 1 is 1.21 bits per heavy atom. The Labute approximate surface area is 113 Å². The molecule has 1 heterocycles. The second-order valence-corrected chi connectivity index (χ2v) is 4.98. The quantitative estimate of drug-likeness (QED) is 0.541. The summed E-state index contributed by atoms with van der Waals surface area (Å²) in [6.07, 6.45) is -0.690. The van der Waals surface area contributed by atoms with Gasteiger partial charge in [0, 0.05) is 13.0 Å². The molecule has 1 saturated heterocycles. The second kappa shape index (κ2) is 6.34. The third-order valence-corrected chi connectivity index (χ3v) is 3.74. The summed E-state index contributed by atoms with van der Waals surface area (Å²) in [6, 6.07) is 0. The van der Waals surface area contributed by atoms with E-state index in [4.69, 9.17) is 18.9 Å². The maximum absolute atomic E-state index is 12.3. The Morgan fingerprint density at radius 2 is 1.74 bits per heavy atom. The van der Waals surface area contributed by atoms with E-state index in [1.807, 2.05) is 13.8 Å². The summed E-state index contributed by atoms with van der Waals surface area (Å²) >= 11 is 0. The minimum atomic E-state index is -1.45. The molecule has 0 aliphatic carbocycles. The van der Waals surface area contributed by atoms with Crippen LogP contribution >= 0.6 is 0 Å². The summed E-state index contributed by atoms with van der Waals surface area (Å²) in [5.41, 5.74) is -1.45. The lowest BCUT2D eigenvalue weighted by Gasteiger charge is -2.34. The smallest absolute Gasteiger partial charge is 0.326 e. The Kier molecular flexibility index (Phi) is 5.31. The minimum Gasteiger partial charge on any atom is -0.468 e. The molecule has 19 heavy (non-hydrogen) atoms. The maximum Gasteiger partial charge on any atom is 0.326 e. The molecule has 0 saturated carbocycles. The summed E-state index contributed by atoms with van der Waals surface area (Å²) in [5.74, 6) is -1.48. The van der Waals surface area contributed by atoms with Gasteiger partial charge in [-0.1, -0.05) is 13.8 Å². The van der Waals surface area contributed by atoms with E-state index >= 15 is 0 Å². The molecule has 0 N–H and O–H groups in total. The molecule has 2 atom stereocenters. The van der Waals surface area contributed by atoms with E-state index in [2.05, 4.69) is 0 Å². The van der Waals surface area contributed by atoms with Gasteiger partial charge >= 0.3 is 11.9 Å². The third kappa shape index (κ3) is 2.47. The summed E-state index contributed by atoms with van der Waals surface area (Å²) in [5, 5.41) is 0. The van der Waals surface area contributed by atoms with Crippen LogP contribution in [0.1, 0.15) is 13.8 Å². The zero-order chi connectivity index (χ0) is 14.6. The topological polar surface area (TPSA) is 71.1 Å². The first kappa shape index (κ1) is 15.9. The van der Waals surface area contributed by atoms with Crippen LogP contribution in [0.2, 0.25) is 0 Å². The lowest BCUT2D eigenvalue weighted by molar-refractivity contribution is -0.179. The molecule has 1 aliphatic rings. The molecular formula is C13H22O6. The number of hydrogen-bond acceptors (Lipinski definition) is 6. The van der Waals surface area contributed by atoms with Crippen molar-refractivity contribution in [1.29, 1.82) is 0 Å². The van der Waals surface area contributed by atoms with Crippen molar-refractivity contribution in [1.82, 2.24) is 0 Å². The van der Waals surface area contributed by atoms with Gasteiger partial charge in [-0.05, 0) is 5.92 Å². The fourth-order valence-corrected chi connectivity index (χ4v) is 2.76. The number of carbonyl (C=O) groups is 2. The molecule has 1 aliphatic heterocycles. The molecule has 0 unspecified atom stereocenters. The van der Waals surface area contributed by atoms with Crippen LogP contribution < -0.4 is 0 Å². The summed E-state index contributed by atoms with van der Waals surface area (Å²) in [4.78, 5) is 24.6. The number of rotatable bonds is 5. The van der Waals surface area contributed by atoms with Crippen molar-refractivity contribution < 1.29 is 28.5 Å². The van der Waals surface area contributed by atoms with E-state index in [1.54, 1.807) is 0 Å². The van der Waals surface area contributed by atoms with Gasteiger partial charge in [-0.25, -0.2) is 0 Å². The SMILES string of the molecule is COC[C@@H]1OC[C@@H](C(C)C)C1(C(=O)OC)C(=O)OC. The monoisotopic (exact) mass is 274 g/mol. The first-order valence-corrected chi connectivity index (χ1v) is 6.24. The van der Waals surface area contributed by atoms with Crippen molar-refractivity contribution in [2.75, 3.05) is 34.5 Å². The molecule has 0 aromatic rings. The normalized spacial score (nSPS) is 25.4. The van der Waals surface area contributed by atoms with Crippen molar-refractivity contribution >= 4 is 11.9 Å². The van der Waals surface area contributed by atoms with Crippen LogP contribution in [0.5, 0.6) is 0 Å². The molecule has 0 amide bonds. The van der Waals surface area contributed by atoms with Gasteiger partial charge in [-0.15, -0.1) is 0 Å². The van der Waals surface area contributed by atoms with Gasteiger partial charge < -0.3 is 18.9 Å². The summed E-state index contributed by atoms with van der Waals surface area (Å²) < 4.78 is 20.3. The van der Waals surface area contributed by atoms with Gasteiger partial charge in [0.1, 0.15) is 6.10 Å². The molecule has 0 aromatic heterocycles. The Bertz CT molecular complexity index is 322. The highest BCUT2D eigenvalue weighted by atomic mass is 16.6. The third-order valence-electron chi connectivity index (χ3n) is 3.74. The number of esters is 2. The van der Waals surface area contributed by atoms with Crippen LogP contribution in [0.25, 0.3) is 0 Å². The highest BCUT2D eigenvalue weighted by Gasteiger charge is 2.65. The maximum atomic E-state index is 12.3. The van der Waals surface area contributed by atoms with Gasteiger partial charge in [0.15, 0.2) is 5.41 Å². The standard InChI is InChI=1S/C13H22O6/c1-8(2)9-6-19-10(7-16-3)13(9,11(14)17-4)12(15)18-5/h8-10H,6-7H2,1-5H3/t9-,10-/m0/s1. The fourth-order valence-electron chi connectivity index (χ4n) is 2.76. The lowest BCUT2D eigenvalue weighted by atomic mass is 9.69. The van der Waals surface area contributed by atoms with Crippen molar-refractivity contribution in [2.24, 2.45) is 17.3 Å². The molecule has 1 rings (SSSR count). The predicted molar refractivity (Wildman–Crippen MR) is 66.4 cm³/mol. The van der Waals surface area contributed by atoms with E-state index < -0.39 is 23.5 Å². The zero-order valence-corrected chi connectivity index (χ0v) is 12.1. The molecule has 0 bridgehead atoms. The summed E-state index contributed by atoms with van der Waals surface area (Å²) in [6.45, 7) is 4.30. The molecule has 0 spiro atoms. The fraction of sp³-hybridized carbons (Fsp3) is 0.846. The van der Waals surface area contributed by atoms with Gasteiger partial charge in [0.2, 0.25) is 0 Å². The van der Waals surface area contributed by atoms with Crippen LogP contribution in [0.3, 0.4) is 0 Å². The van der Waals surface area contributed by atoms with Crippen molar-refractivity contribution in [3.63, 3.8) is 0 Å². The van der Waals surface area contributed by atoms with Gasteiger partial charge in [-0.3, -0.25) is 9.59 Å². The largest absolute Gasteiger partial charge is 0.468 e.